The summed E-state index contributed by atoms with van der Waals surface area (Å²) in [5, 5.41) is 10.9. The lowest BCUT2D eigenvalue weighted by atomic mass is 9.63. The number of rotatable bonds is 8. The molecule has 0 saturated heterocycles. The Morgan fingerprint density at radius 2 is 2.00 bits per heavy atom. The molecule has 1 aliphatic carbocycles. The summed E-state index contributed by atoms with van der Waals surface area (Å²) in [6.07, 6.45) is 5.63. The summed E-state index contributed by atoms with van der Waals surface area (Å²) < 4.78 is 5.38. The van der Waals surface area contributed by atoms with Crippen LogP contribution in [0.25, 0.3) is 0 Å². The molecule has 0 aliphatic heterocycles. The first-order chi connectivity index (χ1) is 12.5. The zero-order chi connectivity index (χ0) is 19.2. The largest absolute Gasteiger partial charge is 0.461 e. The number of hydrogen-bond donors (Lipinski definition) is 0. The van der Waals surface area contributed by atoms with Crippen LogP contribution in [-0.4, -0.2) is 23.3 Å². The van der Waals surface area contributed by atoms with Crippen LogP contribution in [0.3, 0.4) is 0 Å². The van der Waals surface area contributed by atoms with E-state index in [1.165, 1.54) is 18.2 Å². The Labute approximate surface area is 152 Å². The molecule has 0 bridgehead atoms. The van der Waals surface area contributed by atoms with Crippen LogP contribution in [0.15, 0.2) is 49.6 Å². The van der Waals surface area contributed by atoms with E-state index in [1.807, 2.05) is 0 Å². The minimum absolute atomic E-state index is 0.0552. The van der Waals surface area contributed by atoms with E-state index < -0.39 is 16.3 Å². The van der Waals surface area contributed by atoms with Crippen molar-refractivity contribution in [1.29, 1.82) is 0 Å². The van der Waals surface area contributed by atoms with E-state index in [2.05, 4.69) is 13.2 Å². The molecule has 2 rings (SSSR count). The lowest BCUT2D eigenvalue weighted by Gasteiger charge is -2.40. The summed E-state index contributed by atoms with van der Waals surface area (Å²) in [7, 11) is 0. The fourth-order valence-electron chi connectivity index (χ4n) is 3.70. The van der Waals surface area contributed by atoms with Gasteiger partial charge >= 0.3 is 5.97 Å². The number of nitro groups is 1. The third-order valence-electron chi connectivity index (χ3n) is 4.94. The summed E-state index contributed by atoms with van der Waals surface area (Å²) in [6.45, 7) is 7.40. The number of nitro benzene ring substituents is 1. The van der Waals surface area contributed by atoms with Gasteiger partial charge in [0.25, 0.3) is 5.69 Å². The van der Waals surface area contributed by atoms with Gasteiger partial charge in [0, 0.05) is 25.0 Å². The van der Waals surface area contributed by atoms with Crippen molar-refractivity contribution in [3.63, 3.8) is 0 Å². The summed E-state index contributed by atoms with van der Waals surface area (Å²) in [5.41, 5.74) is -0.534. The number of carbonyl (C=O) groups excluding carboxylic acids is 2. The molecule has 6 nitrogen and oxygen atoms in total. The molecule has 1 aliphatic rings. The summed E-state index contributed by atoms with van der Waals surface area (Å²) in [4.78, 5) is 35.6. The zero-order valence-electron chi connectivity index (χ0n) is 14.7. The second-order valence-corrected chi connectivity index (χ2v) is 6.49. The number of Topliss-reactive ketones (excluding diaryl/α,β-unsaturated/α-hetero) is 1. The molecule has 2 atom stereocenters. The number of carbonyl (C=O) groups is 2. The van der Waals surface area contributed by atoms with E-state index in [0.717, 1.165) is 0 Å². The summed E-state index contributed by atoms with van der Waals surface area (Å²) in [5.74, 6) is -0.570. The lowest BCUT2D eigenvalue weighted by Crippen LogP contribution is -2.46. The Bertz CT molecular complexity index is 709. The van der Waals surface area contributed by atoms with Crippen LogP contribution < -0.4 is 0 Å². The molecule has 0 heterocycles. The van der Waals surface area contributed by atoms with E-state index in [9.17, 15) is 19.7 Å². The third kappa shape index (κ3) is 3.90. The van der Waals surface area contributed by atoms with Crippen LogP contribution in [0.2, 0.25) is 0 Å². The maximum atomic E-state index is 13.1. The SMILES string of the molecule is C=CCOC(=O)C(CC=C)(c1ccc([N+](=O)[O-])cc1)C1CCCC(=O)C1. The highest BCUT2D eigenvalue weighted by Gasteiger charge is 2.48. The van der Waals surface area contributed by atoms with Crippen molar-refractivity contribution >= 4 is 17.4 Å². The Morgan fingerprint density at radius 3 is 2.54 bits per heavy atom. The van der Waals surface area contributed by atoms with Crippen LogP contribution in [0.4, 0.5) is 5.69 Å². The Morgan fingerprint density at radius 1 is 1.31 bits per heavy atom. The van der Waals surface area contributed by atoms with Gasteiger partial charge in [0.1, 0.15) is 12.4 Å². The predicted molar refractivity (Wildman–Crippen MR) is 97.7 cm³/mol. The Balaban J connectivity index is 2.54. The molecule has 1 saturated carbocycles. The van der Waals surface area contributed by atoms with Crippen LogP contribution in [0.5, 0.6) is 0 Å². The van der Waals surface area contributed by atoms with Crippen LogP contribution in [0, 0.1) is 16.0 Å². The number of allylic oxidation sites excluding steroid dienone is 1. The predicted octanol–water partition coefficient (Wildman–Crippen LogP) is 3.90. The second-order valence-electron chi connectivity index (χ2n) is 6.49. The standard InChI is InChI=1S/C20H23NO5/c1-3-12-20(19(23)26-13-4-2,16-6-5-7-18(22)14-16)15-8-10-17(11-9-15)21(24)25/h3-4,8-11,16H,1-2,5-7,12-14H2. The smallest absolute Gasteiger partial charge is 0.317 e. The van der Waals surface area contributed by atoms with Gasteiger partial charge in [0.15, 0.2) is 0 Å². The van der Waals surface area contributed by atoms with Crippen molar-refractivity contribution in [3.05, 3.63) is 65.3 Å². The molecule has 26 heavy (non-hydrogen) atoms. The van der Waals surface area contributed by atoms with Crippen molar-refractivity contribution in [1.82, 2.24) is 0 Å². The number of non-ortho nitro benzene ring substituents is 1. The minimum atomic E-state index is -1.09. The highest BCUT2D eigenvalue weighted by Crippen LogP contribution is 2.44. The molecular weight excluding hydrogens is 334 g/mol. The molecule has 0 amide bonds. The fourth-order valence-corrected chi connectivity index (χ4v) is 3.70. The monoisotopic (exact) mass is 357 g/mol. The normalized spacial score (nSPS) is 19.2. The quantitative estimate of drug-likeness (QED) is 0.305. The molecule has 0 spiro atoms. The Kier molecular flexibility index (Phi) is 6.44. The van der Waals surface area contributed by atoms with Gasteiger partial charge in [-0.1, -0.05) is 30.9 Å². The first-order valence-corrected chi connectivity index (χ1v) is 8.61. The number of ketones is 1. The van der Waals surface area contributed by atoms with Gasteiger partial charge in [-0.2, -0.15) is 0 Å². The highest BCUT2D eigenvalue weighted by molar-refractivity contribution is 5.87. The fraction of sp³-hybridized carbons (Fsp3) is 0.400. The molecular formula is C20H23NO5. The van der Waals surface area contributed by atoms with E-state index in [1.54, 1.807) is 18.2 Å². The van der Waals surface area contributed by atoms with Crippen molar-refractivity contribution in [2.45, 2.75) is 37.5 Å². The average molecular weight is 357 g/mol. The van der Waals surface area contributed by atoms with Gasteiger partial charge in [0.2, 0.25) is 0 Å². The average Bonchev–Trinajstić information content (AvgIpc) is 2.64. The highest BCUT2D eigenvalue weighted by atomic mass is 16.6. The molecule has 0 radical (unpaired) electrons. The molecule has 1 aromatic carbocycles. The zero-order valence-corrected chi connectivity index (χ0v) is 14.7. The van der Waals surface area contributed by atoms with Crippen molar-refractivity contribution in [2.75, 3.05) is 6.61 Å². The number of hydrogen-bond acceptors (Lipinski definition) is 5. The topological polar surface area (TPSA) is 86.5 Å². The van der Waals surface area contributed by atoms with Crippen LogP contribution >= 0.6 is 0 Å². The first-order valence-electron chi connectivity index (χ1n) is 8.61. The van der Waals surface area contributed by atoms with Crippen LogP contribution in [0.1, 0.15) is 37.7 Å². The molecule has 6 heteroatoms. The van der Waals surface area contributed by atoms with Crippen molar-refractivity contribution in [2.24, 2.45) is 5.92 Å². The van der Waals surface area contributed by atoms with Gasteiger partial charge in [0.05, 0.1) is 10.3 Å². The van der Waals surface area contributed by atoms with Crippen molar-refractivity contribution < 1.29 is 19.2 Å². The second kappa shape index (κ2) is 8.56. The van der Waals surface area contributed by atoms with Gasteiger partial charge in [-0.3, -0.25) is 19.7 Å². The third-order valence-corrected chi connectivity index (χ3v) is 4.94. The number of esters is 1. The first kappa shape index (κ1) is 19.6. The number of ether oxygens (including phenoxy) is 1. The molecule has 1 fully saturated rings. The molecule has 0 N–H and O–H groups in total. The number of nitrogens with zero attached hydrogens (tertiary/aromatic N) is 1. The van der Waals surface area contributed by atoms with Gasteiger partial charge < -0.3 is 4.74 Å². The molecule has 138 valence electrons. The van der Waals surface area contributed by atoms with Crippen LogP contribution in [-0.2, 0) is 19.7 Å². The molecule has 1 aromatic rings. The summed E-state index contributed by atoms with van der Waals surface area (Å²) in [6, 6.07) is 5.91. The maximum absolute atomic E-state index is 13.1. The van der Waals surface area contributed by atoms with E-state index in [4.69, 9.17) is 4.74 Å². The molecule has 2 unspecified atom stereocenters. The van der Waals surface area contributed by atoms with E-state index in [-0.39, 0.29) is 30.4 Å². The number of benzene rings is 1. The van der Waals surface area contributed by atoms with Gasteiger partial charge in [-0.15, -0.1) is 6.58 Å². The van der Waals surface area contributed by atoms with E-state index in [0.29, 0.717) is 31.2 Å². The Hall–Kier alpha value is -2.76. The lowest BCUT2D eigenvalue weighted by molar-refractivity contribution is -0.384. The van der Waals surface area contributed by atoms with Gasteiger partial charge in [-0.05, 0) is 30.7 Å². The van der Waals surface area contributed by atoms with Gasteiger partial charge in [-0.25, -0.2) is 0 Å². The van der Waals surface area contributed by atoms with E-state index >= 15 is 0 Å². The maximum Gasteiger partial charge on any atom is 0.317 e. The molecule has 0 aromatic heterocycles. The summed E-state index contributed by atoms with van der Waals surface area (Å²) >= 11 is 0. The van der Waals surface area contributed by atoms with Crippen molar-refractivity contribution in [3.8, 4) is 0 Å². The minimum Gasteiger partial charge on any atom is -0.461 e.